The van der Waals surface area contributed by atoms with Gasteiger partial charge in [-0.05, 0) is 43.2 Å². The van der Waals surface area contributed by atoms with Crippen LogP contribution in [0.4, 0.5) is 18.9 Å². The van der Waals surface area contributed by atoms with Gasteiger partial charge in [0, 0.05) is 18.0 Å². The number of nitrogens with one attached hydrogen (secondary N) is 1. The quantitative estimate of drug-likeness (QED) is 0.491. The highest BCUT2D eigenvalue weighted by Crippen LogP contribution is 2.29. The SMILES string of the molecule is Cc1ccc(NC(N)=NCCOc2ccc(C(F)(F)F)cn2)cc1C. The Hall–Kier alpha value is -2.77. The minimum atomic E-state index is -4.41. The van der Waals surface area contributed by atoms with E-state index in [4.69, 9.17) is 10.5 Å². The smallest absolute Gasteiger partial charge is 0.417 e. The fourth-order valence-corrected chi connectivity index (χ4v) is 1.96. The summed E-state index contributed by atoms with van der Waals surface area (Å²) in [6.45, 7) is 4.40. The minimum Gasteiger partial charge on any atom is -0.476 e. The maximum Gasteiger partial charge on any atom is 0.417 e. The van der Waals surface area contributed by atoms with Gasteiger partial charge in [-0.15, -0.1) is 0 Å². The first-order valence-corrected chi connectivity index (χ1v) is 7.56. The van der Waals surface area contributed by atoms with Gasteiger partial charge in [0.15, 0.2) is 5.96 Å². The van der Waals surface area contributed by atoms with Gasteiger partial charge in [0.05, 0.1) is 12.1 Å². The monoisotopic (exact) mass is 352 g/mol. The Morgan fingerprint density at radius 3 is 2.56 bits per heavy atom. The second kappa shape index (κ2) is 7.87. The highest BCUT2D eigenvalue weighted by Gasteiger charge is 2.30. The van der Waals surface area contributed by atoms with Crippen molar-refractivity contribution in [2.24, 2.45) is 10.7 Å². The molecule has 134 valence electrons. The Kier molecular flexibility index (Phi) is 5.84. The van der Waals surface area contributed by atoms with E-state index in [2.05, 4.69) is 15.3 Å². The largest absolute Gasteiger partial charge is 0.476 e. The van der Waals surface area contributed by atoms with E-state index in [9.17, 15) is 13.2 Å². The maximum absolute atomic E-state index is 12.4. The normalized spacial score (nSPS) is 12.1. The molecule has 25 heavy (non-hydrogen) atoms. The van der Waals surface area contributed by atoms with E-state index >= 15 is 0 Å². The molecule has 8 heteroatoms. The highest BCUT2D eigenvalue weighted by molar-refractivity contribution is 5.92. The van der Waals surface area contributed by atoms with Crippen molar-refractivity contribution in [2.75, 3.05) is 18.5 Å². The summed E-state index contributed by atoms with van der Waals surface area (Å²) in [5, 5.41) is 2.96. The van der Waals surface area contributed by atoms with Crippen molar-refractivity contribution in [1.29, 1.82) is 0 Å². The van der Waals surface area contributed by atoms with E-state index in [1.54, 1.807) is 0 Å². The van der Waals surface area contributed by atoms with Gasteiger partial charge in [0.2, 0.25) is 5.88 Å². The van der Waals surface area contributed by atoms with Crippen molar-refractivity contribution in [3.8, 4) is 5.88 Å². The lowest BCUT2D eigenvalue weighted by molar-refractivity contribution is -0.137. The standard InChI is InChI=1S/C17H19F3N4O/c1-11-3-5-14(9-12(11)2)24-16(21)22-7-8-25-15-6-4-13(10-23-15)17(18,19)20/h3-6,9-10H,7-8H2,1-2H3,(H3,21,22,24). The average molecular weight is 352 g/mol. The Morgan fingerprint density at radius 1 is 1.20 bits per heavy atom. The second-order valence-electron chi connectivity index (χ2n) is 5.42. The number of alkyl halides is 3. The van der Waals surface area contributed by atoms with E-state index in [1.165, 1.54) is 11.6 Å². The topological polar surface area (TPSA) is 72.5 Å². The molecule has 0 bridgehead atoms. The average Bonchev–Trinajstić information content (AvgIpc) is 2.55. The van der Waals surface area contributed by atoms with Crippen LogP contribution in [-0.2, 0) is 6.18 Å². The lowest BCUT2D eigenvalue weighted by atomic mass is 10.1. The number of hydrogen-bond acceptors (Lipinski definition) is 3. The molecule has 0 saturated carbocycles. The molecule has 1 aromatic carbocycles. The number of halogens is 3. The molecule has 0 saturated heterocycles. The molecule has 0 amide bonds. The van der Waals surface area contributed by atoms with Gasteiger partial charge in [-0.2, -0.15) is 13.2 Å². The minimum absolute atomic E-state index is 0.101. The Morgan fingerprint density at radius 2 is 1.96 bits per heavy atom. The summed E-state index contributed by atoms with van der Waals surface area (Å²) >= 11 is 0. The molecule has 1 aromatic heterocycles. The van der Waals surface area contributed by atoms with Crippen molar-refractivity contribution < 1.29 is 17.9 Å². The van der Waals surface area contributed by atoms with Crippen LogP contribution in [0.2, 0.25) is 0 Å². The third-order valence-corrected chi connectivity index (χ3v) is 3.47. The zero-order chi connectivity index (χ0) is 18.4. The van der Waals surface area contributed by atoms with Crippen LogP contribution in [0.3, 0.4) is 0 Å². The predicted octanol–water partition coefficient (Wildman–Crippen LogP) is 3.52. The molecule has 0 fully saturated rings. The number of anilines is 1. The third-order valence-electron chi connectivity index (χ3n) is 3.47. The number of aryl methyl sites for hydroxylation is 2. The first kappa shape index (κ1) is 18.6. The summed E-state index contributed by atoms with van der Waals surface area (Å²) in [6.07, 6.45) is -3.68. The molecule has 2 aromatic rings. The molecule has 1 heterocycles. The molecule has 0 unspecified atom stereocenters. The summed E-state index contributed by atoms with van der Waals surface area (Å²) in [7, 11) is 0. The molecular weight excluding hydrogens is 333 g/mol. The summed E-state index contributed by atoms with van der Waals surface area (Å²) < 4.78 is 42.5. The number of ether oxygens (including phenoxy) is 1. The number of aliphatic imine (C=N–C) groups is 1. The molecule has 3 N–H and O–H groups in total. The van der Waals surface area contributed by atoms with Crippen LogP contribution in [-0.4, -0.2) is 24.1 Å². The zero-order valence-electron chi connectivity index (χ0n) is 13.9. The zero-order valence-corrected chi connectivity index (χ0v) is 13.9. The Bertz CT molecular complexity index is 743. The van der Waals surface area contributed by atoms with Gasteiger partial charge < -0.3 is 15.8 Å². The highest BCUT2D eigenvalue weighted by atomic mass is 19.4. The van der Waals surface area contributed by atoms with E-state index in [0.717, 1.165) is 23.5 Å². The Balaban J connectivity index is 1.81. The van der Waals surface area contributed by atoms with Gasteiger partial charge >= 0.3 is 6.18 Å². The van der Waals surface area contributed by atoms with Gasteiger partial charge in [0.25, 0.3) is 0 Å². The number of nitrogens with two attached hydrogens (primary N) is 1. The molecule has 2 rings (SSSR count). The summed E-state index contributed by atoms with van der Waals surface area (Å²) in [6, 6.07) is 7.92. The van der Waals surface area contributed by atoms with Crippen LogP contribution in [0.25, 0.3) is 0 Å². The Labute approximate surface area is 143 Å². The molecule has 0 radical (unpaired) electrons. The van der Waals surface area contributed by atoms with Crippen molar-refractivity contribution >= 4 is 11.6 Å². The summed E-state index contributed by atoms with van der Waals surface area (Å²) in [5.41, 5.74) is 8.11. The predicted molar refractivity (Wildman–Crippen MR) is 90.8 cm³/mol. The number of nitrogens with zero attached hydrogens (tertiary/aromatic N) is 2. The van der Waals surface area contributed by atoms with Gasteiger partial charge in [0.1, 0.15) is 6.61 Å². The molecule has 0 aliphatic carbocycles. The van der Waals surface area contributed by atoms with Crippen molar-refractivity contribution in [3.63, 3.8) is 0 Å². The van der Waals surface area contributed by atoms with Crippen LogP contribution < -0.4 is 15.8 Å². The fraction of sp³-hybridized carbons (Fsp3) is 0.294. The molecule has 0 atom stereocenters. The number of rotatable bonds is 5. The van der Waals surface area contributed by atoms with Crippen molar-refractivity contribution in [2.45, 2.75) is 20.0 Å². The number of hydrogen-bond donors (Lipinski definition) is 2. The summed E-state index contributed by atoms with van der Waals surface area (Å²) in [4.78, 5) is 7.70. The first-order valence-electron chi connectivity index (χ1n) is 7.56. The first-order chi connectivity index (χ1) is 11.8. The number of aromatic nitrogens is 1. The van der Waals surface area contributed by atoms with Crippen LogP contribution in [0, 0.1) is 13.8 Å². The summed E-state index contributed by atoms with van der Waals surface area (Å²) in [5.74, 6) is 0.330. The van der Waals surface area contributed by atoms with Crippen LogP contribution in [0.5, 0.6) is 5.88 Å². The maximum atomic E-state index is 12.4. The van der Waals surface area contributed by atoms with Crippen LogP contribution in [0.15, 0.2) is 41.5 Å². The van der Waals surface area contributed by atoms with E-state index < -0.39 is 11.7 Å². The van der Waals surface area contributed by atoms with Crippen LogP contribution in [0.1, 0.15) is 16.7 Å². The molecule has 0 spiro atoms. The fourth-order valence-electron chi connectivity index (χ4n) is 1.96. The van der Waals surface area contributed by atoms with E-state index in [1.807, 2.05) is 32.0 Å². The lowest BCUT2D eigenvalue weighted by Crippen LogP contribution is -2.23. The van der Waals surface area contributed by atoms with Gasteiger partial charge in [-0.3, -0.25) is 0 Å². The van der Waals surface area contributed by atoms with Gasteiger partial charge in [-0.1, -0.05) is 6.07 Å². The van der Waals surface area contributed by atoms with E-state index in [-0.39, 0.29) is 25.0 Å². The van der Waals surface area contributed by atoms with E-state index in [0.29, 0.717) is 0 Å². The number of pyridine rings is 1. The lowest BCUT2D eigenvalue weighted by Gasteiger charge is -2.09. The molecular formula is C17H19F3N4O. The molecule has 0 aliphatic heterocycles. The van der Waals surface area contributed by atoms with Crippen molar-refractivity contribution in [1.82, 2.24) is 4.98 Å². The molecule has 5 nitrogen and oxygen atoms in total. The third kappa shape index (κ3) is 5.66. The number of benzene rings is 1. The number of guanidine groups is 1. The van der Waals surface area contributed by atoms with Crippen molar-refractivity contribution in [3.05, 3.63) is 53.2 Å². The van der Waals surface area contributed by atoms with Gasteiger partial charge in [-0.25, -0.2) is 9.98 Å². The van der Waals surface area contributed by atoms with Crippen LogP contribution >= 0.6 is 0 Å². The molecule has 0 aliphatic rings. The second-order valence-corrected chi connectivity index (χ2v) is 5.42.